The number of hydrogen-bond donors (Lipinski definition) is 0. The van der Waals surface area contributed by atoms with Gasteiger partial charge in [0.25, 0.3) is 5.91 Å². The standard InChI is InChI=1S/C29H30F3N5O3S/c1-14-10-19(29(30,31)32)34-23(20(14)25(38)36-9-7-15(12-36)35(4)5)17-6-8-33-18-11-16(41-24(17)18)13-37-26(39)21-22(27(37)40)28(21,2)3/h6,8,10-11,15,21-22H,7,9,12-13H2,1-5H3. The molecule has 0 radical (unpaired) electrons. The van der Waals surface area contributed by atoms with Gasteiger partial charge in [-0.3, -0.25) is 24.3 Å². The molecule has 2 saturated heterocycles. The number of aryl methyl sites for hydroxylation is 1. The van der Waals surface area contributed by atoms with Crippen LogP contribution in [-0.2, 0) is 22.3 Å². The predicted molar refractivity (Wildman–Crippen MR) is 147 cm³/mol. The second-order valence-electron chi connectivity index (χ2n) is 12.0. The van der Waals surface area contributed by atoms with Gasteiger partial charge in [0.05, 0.1) is 39.9 Å². The number of rotatable bonds is 5. The van der Waals surface area contributed by atoms with Gasteiger partial charge < -0.3 is 9.80 Å². The van der Waals surface area contributed by atoms with Gasteiger partial charge >= 0.3 is 6.18 Å². The van der Waals surface area contributed by atoms with Crippen molar-refractivity contribution in [1.29, 1.82) is 0 Å². The zero-order chi connectivity index (χ0) is 29.6. The van der Waals surface area contributed by atoms with Gasteiger partial charge in [-0.1, -0.05) is 13.8 Å². The second kappa shape index (κ2) is 9.32. The van der Waals surface area contributed by atoms with Crippen molar-refractivity contribution in [3.8, 4) is 11.3 Å². The monoisotopic (exact) mass is 585 g/mol. The van der Waals surface area contributed by atoms with Crippen LogP contribution in [0.25, 0.3) is 21.5 Å². The van der Waals surface area contributed by atoms with Crippen molar-refractivity contribution in [1.82, 2.24) is 24.7 Å². The Morgan fingerprint density at radius 3 is 2.46 bits per heavy atom. The fraction of sp³-hybridized carbons (Fsp3) is 0.483. The molecule has 3 amide bonds. The van der Waals surface area contributed by atoms with Crippen molar-refractivity contribution in [2.45, 2.75) is 46.0 Å². The topological polar surface area (TPSA) is 86.7 Å². The first kappa shape index (κ1) is 27.8. The number of aromatic nitrogens is 2. The average Bonchev–Trinajstić information content (AvgIpc) is 3.33. The summed E-state index contributed by atoms with van der Waals surface area (Å²) in [6.45, 7) is 6.36. The summed E-state index contributed by atoms with van der Waals surface area (Å²) in [6, 6.07) is 4.39. The Hall–Kier alpha value is -3.38. The lowest BCUT2D eigenvalue weighted by molar-refractivity contribution is -0.144. The van der Waals surface area contributed by atoms with Gasteiger partial charge in [0.2, 0.25) is 11.8 Å². The van der Waals surface area contributed by atoms with E-state index in [9.17, 15) is 27.6 Å². The summed E-state index contributed by atoms with van der Waals surface area (Å²) < 4.78 is 42.3. The van der Waals surface area contributed by atoms with E-state index >= 15 is 0 Å². The molecule has 5 heterocycles. The molecule has 0 aromatic carbocycles. The van der Waals surface area contributed by atoms with Crippen LogP contribution < -0.4 is 0 Å². The number of likely N-dealkylation sites (N-methyl/N-ethyl adjacent to an activating group) is 1. The van der Waals surface area contributed by atoms with E-state index in [0.29, 0.717) is 33.7 Å². The van der Waals surface area contributed by atoms with Crippen LogP contribution in [-0.4, -0.2) is 75.6 Å². The molecule has 8 nitrogen and oxygen atoms in total. The first-order valence-corrected chi connectivity index (χ1v) is 14.3. The van der Waals surface area contributed by atoms with Crippen LogP contribution in [0.2, 0.25) is 0 Å². The summed E-state index contributed by atoms with van der Waals surface area (Å²) in [5, 5.41) is 0. The molecule has 12 heteroatoms. The highest BCUT2D eigenvalue weighted by atomic mass is 32.1. The number of hydrogen-bond acceptors (Lipinski definition) is 7. The van der Waals surface area contributed by atoms with E-state index in [1.807, 2.05) is 32.8 Å². The Morgan fingerprint density at radius 1 is 1.17 bits per heavy atom. The van der Waals surface area contributed by atoms with Crippen molar-refractivity contribution in [2.75, 3.05) is 27.2 Å². The summed E-state index contributed by atoms with van der Waals surface area (Å²) in [6.07, 6.45) is -2.47. The minimum Gasteiger partial charge on any atom is -0.337 e. The van der Waals surface area contributed by atoms with Crippen molar-refractivity contribution >= 4 is 39.3 Å². The van der Waals surface area contributed by atoms with E-state index in [2.05, 4.69) is 9.97 Å². The Morgan fingerprint density at radius 2 is 1.85 bits per heavy atom. The van der Waals surface area contributed by atoms with Gasteiger partial charge in [-0.15, -0.1) is 11.3 Å². The Labute approximate surface area is 239 Å². The first-order valence-electron chi connectivity index (χ1n) is 13.5. The van der Waals surface area contributed by atoms with Gasteiger partial charge in [0, 0.05) is 35.8 Å². The Balaban J connectivity index is 1.41. The zero-order valence-electron chi connectivity index (χ0n) is 23.4. The smallest absolute Gasteiger partial charge is 0.337 e. The molecule has 0 N–H and O–H groups in total. The summed E-state index contributed by atoms with van der Waals surface area (Å²) in [5.74, 6) is -1.36. The second-order valence-corrected chi connectivity index (χ2v) is 13.2. The number of imide groups is 1. The number of carbonyl (C=O) groups is 3. The molecule has 0 spiro atoms. The number of fused-ring (bicyclic) bond motifs is 2. The lowest BCUT2D eigenvalue weighted by Gasteiger charge is -2.23. The molecular weight excluding hydrogens is 555 g/mol. The molecule has 216 valence electrons. The molecule has 2 aliphatic heterocycles. The molecule has 3 atom stereocenters. The first-order chi connectivity index (χ1) is 19.2. The highest BCUT2D eigenvalue weighted by Gasteiger charge is 2.72. The molecule has 3 fully saturated rings. The number of carbonyl (C=O) groups excluding carboxylic acids is 3. The number of nitrogens with zero attached hydrogens (tertiary/aromatic N) is 5. The molecule has 3 aliphatic rings. The minimum absolute atomic E-state index is 0.0484. The average molecular weight is 586 g/mol. The molecular formula is C29H30F3N5O3S. The van der Waals surface area contributed by atoms with Crippen LogP contribution in [0.3, 0.4) is 0 Å². The van der Waals surface area contributed by atoms with Crippen LogP contribution in [0.15, 0.2) is 24.4 Å². The molecule has 1 aliphatic carbocycles. The number of piperidine rings is 1. The largest absolute Gasteiger partial charge is 0.433 e. The van der Waals surface area contributed by atoms with Crippen LogP contribution in [0, 0.1) is 24.2 Å². The maximum atomic E-state index is 13.9. The number of likely N-dealkylation sites (tertiary alicyclic amines) is 2. The van der Waals surface area contributed by atoms with Crippen molar-refractivity contribution in [2.24, 2.45) is 17.3 Å². The van der Waals surface area contributed by atoms with E-state index in [4.69, 9.17) is 0 Å². The predicted octanol–water partition coefficient (Wildman–Crippen LogP) is 4.60. The maximum Gasteiger partial charge on any atom is 0.433 e. The van der Waals surface area contributed by atoms with E-state index in [1.54, 1.807) is 17.0 Å². The van der Waals surface area contributed by atoms with E-state index in [-0.39, 0.29) is 64.4 Å². The van der Waals surface area contributed by atoms with Gasteiger partial charge in [-0.05, 0) is 56.6 Å². The van der Waals surface area contributed by atoms with Crippen molar-refractivity contribution in [3.63, 3.8) is 0 Å². The lowest BCUT2D eigenvalue weighted by Crippen LogP contribution is -2.35. The Bertz CT molecular complexity index is 1590. The molecule has 6 rings (SSSR count). The van der Waals surface area contributed by atoms with Gasteiger partial charge in [0.15, 0.2) is 0 Å². The summed E-state index contributed by atoms with van der Waals surface area (Å²) in [5.41, 5.74) is -0.271. The Kier molecular flexibility index (Phi) is 6.31. The van der Waals surface area contributed by atoms with Crippen LogP contribution in [0.1, 0.15) is 46.8 Å². The van der Waals surface area contributed by atoms with Crippen LogP contribution in [0.5, 0.6) is 0 Å². The molecule has 0 bridgehead atoms. The molecule has 3 aromatic heterocycles. The summed E-state index contributed by atoms with van der Waals surface area (Å²) >= 11 is 1.24. The third-order valence-corrected chi connectivity index (χ3v) is 9.97. The number of alkyl halides is 3. The SMILES string of the molecule is Cc1cc(C(F)(F)F)nc(-c2ccnc3cc(CN4C(=O)C5C(C4=O)C5(C)C)sc23)c1C(=O)N1CCC(N(C)C)C1. The van der Waals surface area contributed by atoms with Crippen LogP contribution in [0.4, 0.5) is 13.2 Å². The molecule has 41 heavy (non-hydrogen) atoms. The highest BCUT2D eigenvalue weighted by molar-refractivity contribution is 7.19. The number of pyridine rings is 2. The summed E-state index contributed by atoms with van der Waals surface area (Å²) in [4.78, 5) is 53.6. The number of amides is 3. The lowest BCUT2D eigenvalue weighted by atomic mass is 9.99. The van der Waals surface area contributed by atoms with Crippen molar-refractivity contribution < 1.29 is 27.6 Å². The third kappa shape index (κ3) is 4.42. The van der Waals surface area contributed by atoms with Crippen LogP contribution >= 0.6 is 11.3 Å². The zero-order valence-corrected chi connectivity index (χ0v) is 24.2. The van der Waals surface area contributed by atoms with Crippen molar-refractivity contribution in [3.05, 3.63) is 46.1 Å². The fourth-order valence-electron chi connectivity index (χ4n) is 6.36. The highest BCUT2D eigenvalue weighted by Crippen LogP contribution is 2.63. The normalized spacial score (nSPS) is 23.7. The third-order valence-electron chi connectivity index (χ3n) is 8.83. The van der Waals surface area contributed by atoms with E-state index in [0.717, 1.165) is 12.5 Å². The van der Waals surface area contributed by atoms with Gasteiger partial charge in [-0.25, -0.2) is 4.98 Å². The molecule has 1 saturated carbocycles. The molecule has 3 aromatic rings. The quantitative estimate of drug-likeness (QED) is 0.407. The maximum absolute atomic E-state index is 13.9. The molecule has 3 unspecified atom stereocenters. The minimum atomic E-state index is -4.71. The number of thiophene rings is 1. The number of halogens is 3. The van der Waals surface area contributed by atoms with E-state index in [1.165, 1.54) is 29.4 Å². The van der Waals surface area contributed by atoms with E-state index < -0.39 is 11.9 Å². The fourth-order valence-corrected chi connectivity index (χ4v) is 7.47. The van der Waals surface area contributed by atoms with Gasteiger partial charge in [-0.2, -0.15) is 13.2 Å². The van der Waals surface area contributed by atoms with Gasteiger partial charge in [0.1, 0.15) is 5.69 Å². The summed E-state index contributed by atoms with van der Waals surface area (Å²) in [7, 11) is 3.87.